The SMILES string of the molecule is CC1(C)CNC(CC2CCCS2(=O)=O)OC1. The maximum atomic E-state index is 11.7. The molecule has 2 heterocycles. The fourth-order valence-corrected chi connectivity index (χ4v) is 4.24. The molecule has 2 aliphatic heterocycles. The summed E-state index contributed by atoms with van der Waals surface area (Å²) < 4.78 is 29.0. The third-order valence-electron chi connectivity index (χ3n) is 3.42. The summed E-state index contributed by atoms with van der Waals surface area (Å²) in [5.41, 5.74) is 0.158. The fraction of sp³-hybridized carbons (Fsp3) is 1.00. The maximum absolute atomic E-state index is 11.7. The molecule has 0 aromatic rings. The minimum atomic E-state index is -2.84. The van der Waals surface area contributed by atoms with Crippen LogP contribution >= 0.6 is 0 Å². The van der Waals surface area contributed by atoms with Gasteiger partial charge in [-0.15, -0.1) is 0 Å². The number of ether oxygens (including phenoxy) is 1. The zero-order valence-electron chi connectivity index (χ0n) is 10.0. The van der Waals surface area contributed by atoms with Gasteiger partial charge < -0.3 is 4.74 Å². The van der Waals surface area contributed by atoms with Crippen molar-refractivity contribution in [1.82, 2.24) is 5.32 Å². The van der Waals surface area contributed by atoms with Crippen LogP contribution in [0.15, 0.2) is 0 Å². The average Bonchev–Trinajstić information content (AvgIpc) is 2.50. The van der Waals surface area contributed by atoms with E-state index in [-0.39, 0.29) is 16.9 Å². The van der Waals surface area contributed by atoms with Crippen LogP contribution in [0.4, 0.5) is 0 Å². The van der Waals surface area contributed by atoms with Crippen LogP contribution < -0.4 is 5.32 Å². The van der Waals surface area contributed by atoms with Crippen LogP contribution in [0.25, 0.3) is 0 Å². The van der Waals surface area contributed by atoms with Gasteiger partial charge in [-0.2, -0.15) is 0 Å². The fourth-order valence-electron chi connectivity index (χ4n) is 2.34. The van der Waals surface area contributed by atoms with Gasteiger partial charge in [-0.1, -0.05) is 13.8 Å². The van der Waals surface area contributed by atoms with Crippen molar-refractivity contribution in [3.8, 4) is 0 Å². The molecule has 4 nitrogen and oxygen atoms in total. The predicted octanol–water partition coefficient (Wildman–Crippen LogP) is 0.926. The Morgan fingerprint density at radius 3 is 2.69 bits per heavy atom. The quantitative estimate of drug-likeness (QED) is 0.788. The highest BCUT2D eigenvalue weighted by molar-refractivity contribution is 7.92. The Hall–Kier alpha value is -0.130. The van der Waals surface area contributed by atoms with Crippen molar-refractivity contribution in [1.29, 1.82) is 0 Å². The van der Waals surface area contributed by atoms with E-state index in [1.165, 1.54) is 0 Å². The van der Waals surface area contributed by atoms with E-state index in [1.54, 1.807) is 0 Å². The van der Waals surface area contributed by atoms with Crippen LogP contribution in [0.5, 0.6) is 0 Å². The Labute approximate surface area is 97.7 Å². The standard InChI is InChI=1S/C11H21NO3S/c1-11(2)7-12-10(15-8-11)6-9-4-3-5-16(9,13)14/h9-10,12H,3-8H2,1-2H3. The molecule has 0 aromatic carbocycles. The second-order valence-electron chi connectivity index (χ2n) is 5.71. The normalized spacial score (nSPS) is 37.4. The molecular weight excluding hydrogens is 226 g/mol. The molecule has 0 radical (unpaired) electrons. The molecule has 2 fully saturated rings. The van der Waals surface area contributed by atoms with E-state index in [1.807, 2.05) is 0 Å². The van der Waals surface area contributed by atoms with E-state index >= 15 is 0 Å². The lowest BCUT2D eigenvalue weighted by Crippen LogP contribution is -2.49. The molecular formula is C11H21NO3S. The van der Waals surface area contributed by atoms with Crippen LogP contribution in [-0.2, 0) is 14.6 Å². The Bertz CT molecular complexity index is 340. The second-order valence-corrected chi connectivity index (χ2v) is 8.11. The highest BCUT2D eigenvalue weighted by Crippen LogP contribution is 2.27. The summed E-state index contributed by atoms with van der Waals surface area (Å²) in [6.45, 7) is 5.88. The minimum Gasteiger partial charge on any atom is -0.363 e. The van der Waals surface area contributed by atoms with Crippen LogP contribution in [0.2, 0.25) is 0 Å². The van der Waals surface area contributed by atoms with E-state index in [4.69, 9.17) is 4.74 Å². The minimum absolute atomic E-state index is 0.0779. The first kappa shape index (κ1) is 12.3. The molecule has 94 valence electrons. The third-order valence-corrected chi connectivity index (χ3v) is 5.72. The van der Waals surface area contributed by atoms with E-state index in [2.05, 4.69) is 19.2 Å². The molecule has 2 atom stereocenters. The van der Waals surface area contributed by atoms with Crippen LogP contribution in [-0.4, -0.2) is 38.8 Å². The first-order chi connectivity index (χ1) is 7.39. The highest BCUT2D eigenvalue weighted by Gasteiger charge is 2.35. The van der Waals surface area contributed by atoms with Crippen molar-refractivity contribution in [3.63, 3.8) is 0 Å². The van der Waals surface area contributed by atoms with Gasteiger partial charge in [-0.3, -0.25) is 5.32 Å². The van der Waals surface area contributed by atoms with Gasteiger partial charge in [-0.05, 0) is 12.8 Å². The number of nitrogens with one attached hydrogen (secondary N) is 1. The summed E-state index contributed by atoms with van der Waals surface area (Å²) in [4.78, 5) is 0. The van der Waals surface area contributed by atoms with Gasteiger partial charge in [0.05, 0.1) is 17.6 Å². The molecule has 0 bridgehead atoms. The number of sulfone groups is 1. The molecule has 0 amide bonds. The summed E-state index contributed by atoms with van der Waals surface area (Å²) in [6.07, 6.45) is 2.14. The molecule has 2 saturated heterocycles. The lowest BCUT2D eigenvalue weighted by atomic mass is 9.93. The smallest absolute Gasteiger partial charge is 0.153 e. The average molecular weight is 247 g/mol. The first-order valence-corrected chi connectivity index (χ1v) is 7.67. The van der Waals surface area contributed by atoms with Crippen molar-refractivity contribution >= 4 is 9.84 Å². The number of hydrogen-bond acceptors (Lipinski definition) is 4. The second kappa shape index (κ2) is 4.27. The molecule has 0 aliphatic carbocycles. The zero-order chi connectivity index (χ0) is 11.8. The Balaban J connectivity index is 1.88. The predicted molar refractivity (Wildman–Crippen MR) is 62.9 cm³/mol. The Kier molecular flexibility index (Phi) is 3.29. The van der Waals surface area contributed by atoms with Crippen molar-refractivity contribution in [2.75, 3.05) is 18.9 Å². The van der Waals surface area contributed by atoms with E-state index in [0.29, 0.717) is 18.8 Å². The van der Waals surface area contributed by atoms with Crippen LogP contribution in [0.3, 0.4) is 0 Å². The lowest BCUT2D eigenvalue weighted by molar-refractivity contribution is -0.0609. The Morgan fingerprint density at radius 2 is 2.19 bits per heavy atom. The molecule has 5 heteroatoms. The number of rotatable bonds is 2. The van der Waals surface area contributed by atoms with E-state index in [9.17, 15) is 8.42 Å². The summed E-state index contributed by atoms with van der Waals surface area (Å²) in [5.74, 6) is 0.357. The monoisotopic (exact) mass is 247 g/mol. The van der Waals surface area contributed by atoms with Gasteiger partial charge >= 0.3 is 0 Å². The molecule has 2 unspecified atom stereocenters. The van der Waals surface area contributed by atoms with Gasteiger partial charge in [0.2, 0.25) is 0 Å². The van der Waals surface area contributed by atoms with Crippen LogP contribution in [0.1, 0.15) is 33.1 Å². The number of hydrogen-bond donors (Lipinski definition) is 1. The van der Waals surface area contributed by atoms with Gasteiger partial charge in [0.15, 0.2) is 9.84 Å². The van der Waals surface area contributed by atoms with Crippen molar-refractivity contribution in [2.45, 2.75) is 44.6 Å². The van der Waals surface area contributed by atoms with Gasteiger partial charge in [0.1, 0.15) is 6.23 Å². The van der Waals surface area contributed by atoms with Crippen molar-refractivity contribution in [2.24, 2.45) is 5.41 Å². The highest BCUT2D eigenvalue weighted by atomic mass is 32.2. The lowest BCUT2D eigenvalue weighted by Gasteiger charge is -2.36. The summed E-state index contributed by atoms with van der Waals surface area (Å²) >= 11 is 0. The third kappa shape index (κ3) is 2.76. The summed E-state index contributed by atoms with van der Waals surface area (Å²) in [7, 11) is -2.84. The molecule has 0 aromatic heterocycles. The van der Waals surface area contributed by atoms with Gasteiger partial charge in [0.25, 0.3) is 0 Å². The van der Waals surface area contributed by atoms with Gasteiger partial charge in [0, 0.05) is 18.4 Å². The van der Waals surface area contributed by atoms with Gasteiger partial charge in [-0.25, -0.2) is 8.42 Å². The van der Waals surface area contributed by atoms with Crippen LogP contribution in [0, 0.1) is 5.41 Å². The Morgan fingerprint density at radius 1 is 1.44 bits per heavy atom. The maximum Gasteiger partial charge on any atom is 0.153 e. The topological polar surface area (TPSA) is 55.4 Å². The largest absolute Gasteiger partial charge is 0.363 e. The first-order valence-electron chi connectivity index (χ1n) is 5.96. The molecule has 0 saturated carbocycles. The molecule has 1 N–H and O–H groups in total. The van der Waals surface area contributed by atoms with Crippen molar-refractivity contribution < 1.29 is 13.2 Å². The molecule has 2 rings (SSSR count). The zero-order valence-corrected chi connectivity index (χ0v) is 10.8. The van der Waals surface area contributed by atoms with Crippen molar-refractivity contribution in [3.05, 3.63) is 0 Å². The molecule has 0 spiro atoms. The molecule has 16 heavy (non-hydrogen) atoms. The summed E-state index contributed by atoms with van der Waals surface area (Å²) in [5, 5.41) is 3.10. The van der Waals surface area contributed by atoms with E-state index in [0.717, 1.165) is 19.4 Å². The molecule has 2 aliphatic rings. The van der Waals surface area contributed by atoms with E-state index < -0.39 is 9.84 Å². The summed E-state index contributed by atoms with van der Waals surface area (Å²) in [6, 6.07) is 0.